The zero-order valence-electron chi connectivity index (χ0n) is 60.7. The second-order valence-electron chi connectivity index (χ2n) is 29.3. The Kier molecular flexibility index (Phi) is 17.6. The molecule has 0 amide bonds. The molecule has 0 radical (unpaired) electrons. The maximum absolute atomic E-state index is 5.10. The smallest absolute Gasteiger partial charge is 0.160 e. The second-order valence-corrected chi connectivity index (χ2v) is 38.0. The Morgan fingerprint density at radius 2 is 0.361 bits per heavy atom. The highest BCUT2D eigenvalue weighted by Gasteiger charge is 2.38. The molecule has 108 heavy (non-hydrogen) atoms. The first-order valence-electron chi connectivity index (χ1n) is 37.2. The largest absolute Gasteiger partial charge is 0.228 e. The van der Waals surface area contributed by atoms with Crippen LogP contribution in [0.15, 0.2) is 388 Å². The van der Waals surface area contributed by atoms with Gasteiger partial charge in [0.2, 0.25) is 0 Å². The summed E-state index contributed by atoms with van der Waals surface area (Å²) >= 11 is 0. The van der Waals surface area contributed by atoms with Crippen molar-refractivity contribution in [2.24, 2.45) is 0 Å². The first-order valence-corrected chi connectivity index (χ1v) is 43.2. The zero-order chi connectivity index (χ0) is 72.7. The minimum absolute atomic E-state index is 0.711. The number of fused-ring (bicyclic) bond motifs is 6. The molecule has 4 nitrogen and oxygen atoms in total. The van der Waals surface area contributed by atoms with E-state index in [9.17, 15) is 0 Å². The number of rotatable bonds is 13. The summed E-state index contributed by atoms with van der Waals surface area (Å²) in [6.45, 7) is 9.88. The molecule has 0 unspecified atom stereocenters. The van der Waals surface area contributed by atoms with Crippen molar-refractivity contribution in [1.29, 1.82) is 0 Å². The van der Waals surface area contributed by atoms with E-state index in [1.165, 1.54) is 88.6 Å². The van der Waals surface area contributed by atoms with Gasteiger partial charge in [0.1, 0.15) is 16.1 Å². The van der Waals surface area contributed by atoms with E-state index in [0.29, 0.717) is 5.82 Å². The average Bonchev–Trinajstić information content (AvgIpc) is 1.59. The van der Waals surface area contributed by atoms with Gasteiger partial charge in [-0.15, -0.1) is 0 Å². The number of nitrogens with zero attached hydrogens (tertiary/aromatic N) is 4. The summed E-state index contributed by atoms with van der Waals surface area (Å²) in [5.74, 6) is 1.43. The number of hydrogen-bond acceptors (Lipinski definition) is 4. The van der Waals surface area contributed by atoms with E-state index in [1.807, 2.05) is 60.7 Å². The van der Waals surface area contributed by atoms with Crippen molar-refractivity contribution < 1.29 is 0 Å². The molecule has 0 saturated carbocycles. The Labute approximate surface area is 634 Å². The predicted octanol–water partition coefficient (Wildman–Crippen LogP) is 24.2. The number of hydrogen-bond donors (Lipinski definition) is 0. The summed E-state index contributed by atoms with van der Waals surface area (Å²) in [7, 11) is -3.32. The fourth-order valence-corrected chi connectivity index (χ4v) is 22.1. The van der Waals surface area contributed by atoms with Crippen LogP contribution in [-0.4, -0.2) is 36.1 Å². The highest BCUT2D eigenvalue weighted by molar-refractivity contribution is 7.04. The third-order valence-electron chi connectivity index (χ3n) is 21.9. The van der Waals surface area contributed by atoms with Crippen molar-refractivity contribution in [1.82, 2.24) is 19.9 Å². The minimum atomic E-state index is -1.68. The van der Waals surface area contributed by atoms with Crippen LogP contribution in [0, 0.1) is 0 Å². The zero-order valence-corrected chi connectivity index (χ0v) is 62.7. The summed E-state index contributed by atoms with van der Waals surface area (Å²) in [6.07, 6.45) is 0. The third kappa shape index (κ3) is 13.1. The van der Waals surface area contributed by atoms with E-state index >= 15 is 0 Å². The van der Waals surface area contributed by atoms with Gasteiger partial charge >= 0.3 is 0 Å². The quantitative estimate of drug-likeness (QED) is 0.108. The monoisotopic (exact) mass is 1410 g/mol. The van der Waals surface area contributed by atoms with Crippen molar-refractivity contribution in [3.8, 4) is 168 Å². The Hall–Kier alpha value is -13.1. The highest BCUT2D eigenvalue weighted by atomic mass is 28.3. The van der Waals surface area contributed by atoms with Gasteiger partial charge in [0, 0.05) is 33.4 Å². The summed E-state index contributed by atoms with van der Waals surface area (Å²) in [4.78, 5) is 20.2. The van der Waals surface area contributed by atoms with Gasteiger partial charge in [-0.05, 0) is 163 Å². The Morgan fingerprint density at radius 3 is 0.750 bits per heavy atom. The molecule has 2 aliphatic heterocycles. The number of aromatic nitrogens is 4. The number of benzene rings is 15. The van der Waals surface area contributed by atoms with Gasteiger partial charge in [0.05, 0.1) is 22.8 Å². The van der Waals surface area contributed by atoms with Crippen molar-refractivity contribution in [2.45, 2.75) is 26.2 Å². The lowest BCUT2D eigenvalue weighted by Gasteiger charge is -2.18. The molecule has 15 aromatic carbocycles. The molecule has 0 fully saturated rings. The van der Waals surface area contributed by atoms with E-state index in [-0.39, 0.29) is 0 Å². The van der Waals surface area contributed by atoms with Crippen molar-refractivity contribution in [3.63, 3.8) is 0 Å². The first kappa shape index (κ1) is 66.8. The lowest BCUT2D eigenvalue weighted by molar-refractivity contribution is 1.18. The molecule has 17 aromatic rings. The summed E-state index contributed by atoms with van der Waals surface area (Å²) in [6, 6.07) is 139. The van der Waals surface area contributed by atoms with E-state index in [2.05, 4.69) is 354 Å². The Balaban J connectivity index is 0.000000153. The van der Waals surface area contributed by atoms with Gasteiger partial charge in [-0.3, -0.25) is 0 Å². The van der Waals surface area contributed by atoms with Gasteiger partial charge in [0.15, 0.2) is 11.6 Å². The fourth-order valence-electron chi connectivity index (χ4n) is 15.9. The van der Waals surface area contributed by atoms with Crippen molar-refractivity contribution in [2.75, 3.05) is 0 Å². The van der Waals surface area contributed by atoms with Gasteiger partial charge in [0.25, 0.3) is 0 Å². The second kappa shape index (κ2) is 28.4. The van der Waals surface area contributed by atoms with Crippen LogP contribution in [0.5, 0.6) is 0 Å². The van der Waals surface area contributed by atoms with Crippen LogP contribution >= 0.6 is 0 Å². The average molecular weight is 1410 g/mol. The SMILES string of the molecule is C[Si]1(C)c2ccccc2-c2cc(-c3ccc(-c4ccc(-c5ccc(-c6nc(-c7ccccc7)cc(-c7ccccc7)n6)cc5)cc4)cc3)ccc21.C[Si]1(C)c2ccccc2-c2cc(-c3cccc(-c4cccc(-c5ccc(-c6cc(-c7cccc(-c8ccccc8)c7)nc(-c7ccccc7)n6)cc5)c4)c3)ccc21. The van der Waals surface area contributed by atoms with Crippen molar-refractivity contribution >= 4 is 36.9 Å². The van der Waals surface area contributed by atoms with Gasteiger partial charge in [-0.2, -0.15) is 0 Å². The molecule has 0 saturated heterocycles. The first-order chi connectivity index (χ1) is 53.0. The van der Waals surface area contributed by atoms with Gasteiger partial charge in [-0.1, -0.05) is 372 Å². The fraction of sp³-hybridized carbons (Fsp3) is 0.0392. The van der Waals surface area contributed by atoms with Crippen LogP contribution < -0.4 is 20.7 Å². The standard InChI is InChI=1S/C54H40N2Si.C48H36N2Si/c1-57(2)52-25-10-9-24-48(52)49-35-46(30-31-53(49)57)45-22-12-21-44(33-45)43-20-11-18-41(32-43)38-26-28-39(29-27-38)50-36-51(56-54(55-50)40-16-7-4-8-17-40)47-23-13-19-42(34-47)37-14-5-3-6-15-37;1-51(2)46-16-10-9-15-42(46)43-31-41(29-30-47(43)51)37-23-21-35(22-24-37)33-17-19-34(20-18-33)36-25-27-40(28-26-36)48-49-44(38-11-5-3-6-12-38)32-45(50-48)39-13-7-4-8-14-39/h3-36H,1-2H3;3-32H,1-2H3. The lowest BCUT2D eigenvalue weighted by Crippen LogP contribution is -2.49. The molecule has 0 aliphatic carbocycles. The lowest BCUT2D eigenvalue weighted by atomic mass is 9.94. The summed E-state index contributed by atoms with van der Waals surface area (Å²) in [5, 5.41) is 6.17. The molecule has 19 rings (SSSR count). The molecular formula is C102H76N4Si2. The summed E-state index contributed by atoms with van der Waals surface area (Å²) < 4.78 is 0. The van der Waals surface area contributed by atoms with E-state index in [4.69, 9.17) is 19.9 Å². The van der Waals surface area contributed by atoms with Crippen LogP contribution in [0.4, 0.5) is 0 Å². The maximum Gasteiger partial charge on any atom is 0.160 e. The highest BCUT2D eigenvalue weighted by Crippen LogP contribution is 2.39. The maximum atomic E-state index is 5.10. The molecule has 0 bridgehead atoms. The minimum Gasteiger partial charge on any atom is -0.228 e. The third-order valence-corrected chi connectivity index (χ3v) is 29.0. The molecule has 4 heterocycles. The van der Waals surface area contributed by atoms with Gasteiger partial charge < -0.3 is 0 Å². The van der Waals surface area contributed by atoms with Crippen LogP contribution in [0.25, 0.3) is 168 Å². The van der Waals surface area contributed by atoms with E-state index in [0.717, 1.165) is 78.7 Å². The predicted molar refractivity (Wildman–Crippen MR) is 459 cm³/mol. The molecule has 2 aromatic heterocycles. The van der Waals surface area contributed by atoms with Gasteiger partial charge in [-0.25, -0.2) is 19.9 Å². The van der Waals surface area contributed by atoms with Crippen LogP contribution in [0.1, 0.15) is 0 Å². The molecule has 6 heteroatoms. The van der Waals surface area contributed by atoms with Crippen LogP contribution in [0.3, 0.4) is 0 Å². The Morgan fingerprint density at radius 1 is 0.148 bits per heavy atom. The topological polar surface area (TPSA) is 51.6 Å². The van der Waals surface area contributed by atoms with Crippen LogP contribution in [0.2, 0.25) is 26.2 Å². The molecule has 512 valence electrons. The molecular weight excluding hydrogens is 1340 g/mol. The molecule has 0 N–H and O–H groups in total. The summed E-state index contributed by atoms with van der Waals surface area (Å²) in [5.41, 5.74) is 32.3. The molecule has 0 atom stereocenters. The molecule has 0 spiro atoms. The Bertz CT molecular complexity index is 6120. The molecule has 2 aliphatic rings. The normalized spacial score (nSPS) is 12.6. The van der Waals surface area contributed by atoms with E-state index < -0.39 is 16.1 Å². The van der Waals surface area contributed by atoms with E-state index in [1.54, 1.807) is 15.6 Å². The van der Waals surface area contributed by atoms with Crippen molar-refractivity contribution in [3.05, 3.63) is 388 Å². The van der Waals surface area contributed by atoms with Crippen LogP contribution in [-0.2, 0) is 0 Å².